The lowest BCUT2D eigenvalue weighted by Gasteiger charge is -2.16. The highest BCUT2D eigenvalue weighted by Gasteiger charge is 2.03. The van der Waals surface area contributed by atoms with Gasteiger partial charge in [0.25, 0.3) is 0 Å². The molecule has 5 nitrogen and oxygen atoms in total. The van der Waals surface area contributed by atoms with Crippen molar-refractivity contribution in [2.45, 2.75) is 19.9 Å². The molecule has 0 fully saturated rings. The average molecular weight is 211 g/mol. The zero-order chi connectivity index (χ0) is 11.1. The Morgan fingerprint density at radius 2 is 2.33 bits per heavy atom. The lowest BCUT2D eigenvalue weighted by Crippen LogP contribution is -2.32. The minimum absolute atomic E-state index is 0.361. The monoisotopic (exact) mass is 211 g/mol. The van der Waals surface area contributed by atoms with Crippen molar-refractivity contribution in [1.29, 1.82) is 0 Å². The first kappa shape index (κ1) is 12.1. The number of aromatic nitrogens is 3. The fourth-order valence-corrected chi connectivity index (χ4v) is 1.28. The number of rotatable bonds is 7. The Labute approximate surface area is 91.5 Å². The van der Waals surface area contributed by atoms with Gasteiger partial charge >= 0.3 is 0 Å². The standard InChI is InChI=1S/C10H21N5/c1-4-14(3)6-5-11-7-10(2)15-9-12-8-13-15/h8-11H,4-7H2,1-3H3. The van der Waals surface area contributed by atoms with Crippen LogP contribution in [0, 0.1) is 0 Å². The summed E-state index contributed by atoms with van der Waals surface area (Å²) in [4.78, 5) is 6.21. The van der Waals surface area contributed by atoms with Crippen molar-refractivity contribution in [3.05, 3.63) is 12.7 Å². The van der Waals surface area contributed by atoms with Crippen molar-refractivity contribution in [2.75, 3.05) is 33.2 Å². The summed E-state index contributed by atoms with van der Waals surface area (Å²) in [6.07, 6.45) is 3.33. The van der Waals surface area contributed by atoms with E-state index in [1.54, 1.807) is 12.7 Å². The number of likely N-dealkylation sites (N-methyl/N-ethyl adjacent to an activating group) is 1. The first-order valence-corrected chi connectivity index (χ1v) is 5.47. The van der Waals surface area contributed by atoms with E-state index in [0.717, 1.165) is 26.2 Å². The van der Waals surface area contributed by atoms with Crippen LogP contribution in [0.2, 0.25) is 0 Å². The van der Waals surface area contributed by atoms with Crippen molar-refractivity contribution >= 4 is 0 Å². The van der Waals surface area contributed by atoms with Gasteiger partial charge in [-0.2, -0.15) is 5.10 Å². The van der Waals surface area contributed by atoms with E-state index >= 15 is 0 Å². The van der Waals surface area contributed by atoms with Gasteiger partial charge in [-0.15, -0.1) is 0 Å². The Bertz CT molecular complexity index is 246. The molecule has 15 heavy (non-hydrogen) atoms. The van der Waals surface area contributed by atoms with Crippen molar-refractivity contribution in [2.24, 2.45) is 0 Å². The topological polar surface area (TPSA) is 46.0 Å². The van der Waals surface area contributed by atoms with Crippen LogP contribution < -0.4 is 5.32 Å². The van der Waals surface area contributed by atoms with Gasteiger partial charge in [-0.05, 0) is 20.5 Å². The highest BCUT2D eigenvalue weighted by molar-refractivity contribution is 4.67. The smallest absolute Gasteiger partial charge is 0.137 e. The molecular formula is C10H21N5. The second kappa shape index (κ2) is 6.53. The molecule has 0 spiro atoms. The summed E-state index contributed by atoms with van der Waals surface area (Å²) in [5.74, 6) is 0. The number of nitrogens with one attached hydrogen (secondary N) is 1. The molecule has 0 aliphatic rings. The molecule has 5 heteroatoms. The van der Waals surface area contributed by atoms with Gasteiger partial charge in [0.05, 0.1) is 6.04 Å². The Balaban J connectivity index is 2.10. The van der Waals surface area contributed by atoms with Crippen LogP contribution in [0.5, 0.6) is 0 Å². The molecule has 1 atom stereocenters. The predicted molar refractivity (Wildman–Crippen MR) is 60.8 cm³/mol. The van der Waals surface area contributed by atoms with Gasteiger partial charge in [0.2, 0.25) is 0 Å². The summed E-state index contributed by atoms with van der Waals surface area (Å²) in [6, 6.07) is 0.361. The van der Waals surface area contributed by atoms with Crippen molar-refractivity contribution in [3.63, 3.8) is 0 Å². The maximum atomic E-state index is 4.10. The van der Waals surface area contributed by atoms with E-state index in [1.807, 2.05) is 4.68 Å². The lowest BCUT2D eigenvalue weighted by atomic mass is 10.3. The van der Waals surface area contributed by atoms with Crippen LogP contribution >= 0.6 is 0 Å². The summed E-state index contributed by atoms with van der Waals surface area (Å²) in [5.41, 5.74) is 0. The summed E-state index contributed by atoms with van der Waals surface area (Å²) >= 11 is 0. The molecule has 1 N–H and O–H groups in total. The Kier molecular flexibility index (Phi) is 5.28. The van der Waals surface area contributed by atoms with E-state index < -0.39 is 0 Å². The van der Waals surface area contributed by atoms with Crippen LogP contribution in [0.15, 0.2) is 12.7 Å². The first-order chi connectivity index (χ1) is 7.24. The molecule has 0 aliphatic carbocycles. The molecule has 0 saturated carbocycles. The molecule has 0 saturated heterocycles. The van der Waals surface area contributed by atoms with Crippen LogP contribution in [0.4, 0.5) is 0 Å². The highest BCUT2D eigenvalue weighted by Crippen LogP contribution is 1.98. The van der Waals surface area contributed by atoms with E-state index in [-0.39, 0.29) is 0 Å². The fraction of sp³-hybridized carbons (Fsp3) is 0.800. The van der Waals surface area contributed by atoms with E-state index in [9.17, 15) is 0 Å². The lowest BCUT2D eigenvalue weighted by molar-refractivity contribution is 0.341. The molecule has 0 bridgehead atoms. The molecule has 1 heterocycles. The van der Waals surface area contributed by atoms with Gasteiger partial charge in [0, 0.05) is 19.6 Å². The third-order valence-electron chi connectivity index (χ3n) is 2.54. The summed E-state index contributed by atoms with van der Waals surface area (Å²) < 4.78 is 1.87. The Morgan fingerprint density at radius 1 is 1.53 bits per heavy atom. The molecule has 1 rings (SSSR count). The third-order valence-corrected chi connectivity index (χ3v) is 2.54. The fourth-order valence-electron chi connectivity index (χ4n) is 1.28. The molecule has 0 radical (unpaired) electrons. The Hall–Kier alpha value is -0.940. The average Bonchev–Trinajstić information content (AvgIpc) is 2.77. The second-order valence-electron chi connectivity index (χ2n) is 3.82. The van der Waals surface area contributed by atoms with E-state index in [4.69, 9.17) is 0 Å². The van der Waals surface area contributed by atoms with Crippen LogP contribution in [-0.4, -0.2) is 52.9 Å². The van der Waals surface area contributed by atoms with Gasteiger partial charge in [0.15, 0.2) is 0 Å². The zero-order valence-electron chi connectivity index (χ0n) is 9.85. The molecule has 1 unspecified atom stereocenters. The normalized spacial score (nSPS) is 13.3. The number of hydrogen-bond acceptors (Lipinski definition) is 4. The first-order valence-electron chi connectivity index (χ1n) is 5.47. The number of nitrogens with zero attached hydrogens (tertiary/aromatic N) is 4. The third kappa shape index (κ3) is 4.40. The SMILES string of the molecule is CCN(C)CCNCC(C)n1cncn1. The molecule has 1 aromatic rings. The van der Waals surface area contributed by atoms with Crippen LogP contribution in [0.25, 0.3) is 0 Å². The molecule has 0 aromatic carbocycles. The van der Waals surface area contributed by atoms with Crippen molar-refractivity contribution in [1.82, 2.24) is 25.0 Å². The van der Waals surface area contributed by atoms with E-state index in [0.29, 0.717) is 6.04 Å². The minimum Gasteiger partial charge on any atom is -0.313 e. The van der Waals surface area contributed by atoms with Gasteiger partial charge in [-0.3, -0.25) is 0 Å². The maximum absolute atomic E-state index is 4.10. The highest BCUT2D eigenvalue weighted by atomic mass is 15.3. The Morgan fingerprint density at radius 3 is 2.93 bits per heavy atom. The minimum atomic E-state index is 0.361. The second-order valence-corrected chi connectivity index (χ2v) is 3.82. The van der Waals surface area contributed by atoms with Gasteiger partial charge in [0.1, 0.15) is 12.7 Å². The molecule has 0 amide bonds. The van der Waals surface area contributed by atoms with Gasteiger partial charge < -0.3 is 10.2 Å². The van der Waals surface area contributed by atoms with Crippen LogP contribution in [-0.2, 0) is 0 Å². The van der Waals surface area contributed by atoms with Crippen molar-refractivity contribution < 1.29 is 0 Å². The predicted octanol–water partition coefficient (Wildman–Crippen LogP) is 0.380. The zero-order valence-corrected chi connectivity index (χ0v) is 9.85. The summed E-state index contributed by atoms with van der Waals surface area (Å²) in [7, 11) is 2.13. The molecule has 0 aliphatic heterocycles. The largest absolute Gasteiger partial charge is 0.313 e. The summed E-state index contributed by atoms with van der Waals surface area (Å²) in [6.45, 7) is 8.43. The quantitative estimate of drug-likeness (QED) is 0.662. The van der Waals surface area contributed by atoms with E-state index in [2.05, 4.69) is 41.2 Å². The van der Waals surface area contributed by atoms with Crippen molar-refractivity contribution in [3.8, 4) is 0 Å². The maximum Gasteiger partial charge on any atom is 0.137 e. The van der Waals surface area contributed by atoms with Crippen LogP contribution in [0.1, 0.15) is 19.9 Å². The molecular weight excluding hydrogens is 190 g/mol. The summed E-state index contributed by atoms with van der Waals surface area (Å²) in [5, 5.41) is 7.51. The molecule has 86 valence electrons. The van der Waals surface area contributed by atoms with Crippen LogP contribution in [0.3, 0.4) is 0 Å². The molecule has 1 aromatic heterocycles. The van der Waals surface area contributed by atoms with E-state index in [1.165, 1.54) is 0 Å². The van der Waals surface area contributed by atoms with Gasteiger partial charge in [-0.25, -0.2) is 9.67 Å². The van der Waals surface area contributed by atoms with Gasteiger partial charge in [-0.1, -0.05) is 6.92 Å². The number of hydrogen-bond donors (Lipinski definition) is 1.